The van der Waals surface area contributed by atoms with E-state index in [4.69, 9.17) is 4.74 Å². The molecule has 126 valence electrons. The molecule has 0 bridgehead atoms. The summed E-state index contributed by atoms with van der Waals surface area (Å²) >= 11 is 0. The lowest BCUT2D eigenvalue weighted by Crippen LogP contribution is -2.32. The lowest BCUT2D eigenvalue weighted by Gasteiger charge is -2.32. The number of ether oxygens (including phenoxy) is 1. The molecular formula is C20H22O4. The van der Waals surface area contributed by atoms with E-state index < -0.39 is 6.10 Å². The van der Waals surface area contributed by atoms with Crippen molar-refractivity contribution >= 4 is 5.78 Å². The zero-order valence-electron chi connectivity index (χ0n) is 14.0. The number of aliphatic hydroxyl groups excluding tert-OH is 1. The molecule has 4 heteroatoms. The highest BCUT2D eigenvalue weighted by Crippen LogP contribution is 2.34. The number of phenols is 1. The second kappa shape index (κ2) is 6.29. The smallest absolute Gasteiger partial charge is 0.165 e. The number of hydrogen-bond donors (Lipinski definition) is 2. The summed E-state index contributed by atoms with van der Waals surface area (Å²) in [5.41, 5.74) is 2.08. The first-order chi connectivity index (χ1) is 11.3. The second-order valence-electron chi connectivity index (χ2n) is 6.92. The molecule has 2 aromatic carbocycles. The number of ketones is 1. The third kappa shape index (κ3) is 3.60. The Morgan fingerprint density at radius 2 is 1.92 bits per heavy atom. The largest absolute Gasteiger partial charge is 0.508 e. The first kappa shape index (κ1) is 16.5. The Balaban J connectivity index is 1.72. The molecule has 0 radical (unpaired) electrons. The Labute approximate surface area is 141 Å². The molecule has 0 spiro atoms. The average Bonchev–Trinajstić information content (AvgIpc) is 2.54. The van der Waals surface area contributed by atoms with E-state index in [1.54, 1.807) is 18.2 Å². The highest BCUT2D eigenvalue weighted by molar-refractivity contribution is 5.96. The van der Waals surface area contributed by atoms with Gasteiger partial charge in [-0.3, -0.25) is 4.79 Å². The third-order valence-electron chi connectivity index (χ3n) is 4.42. The van der Waals surface area contributed by atoms with Crippen molar-refractivity contribution in [3.8, 4) is 11.5 Å². The summed E-state index contributed by atoms with van der Waals surface area (Å²) in [7, 11) is 0. The quantitative estimate of drug-likeness (QED) is 0.839. The molecule has 1 unspecified atom stereocenters. The van der Waals surface area contributed by atoms with Gasteiger partial charge in [0.2, 0.25) is 0 Å². The maximum absolute atomic E-state index is 12.5. The number of carbonyl (C=O) groups is 1. The number of phenolic OH excluding ortho intramolecular Hbond substituents is 1. The van der Waals surface area contributed by atoms with E-state index in [-0.39, 0.29) is 23.6 Å². The summed E-state index contributed by atoms with van der Waals surface area (Å²) in [5, 5.41) is 19.5. The Morgan fingerprint density at radius 1 is 1.21 bits per heavy atom. The van der Waals surface area contributed by atoms with Gasteiger partial charge < -0.3 is 14.9 Å². The molecule has 24 heavy (non-hydrogen) atoms. The number of fused-ring (bicyclic) bond motifs is 1. The van der Waals surface area contributed by atoms with Gasteiger partial charge in [0.1, 0.15) is 17.1 Å². The van der Waals surface area contributed by atoms with Crippen molar-refractivity contribution in [3.63, 3.8) is 0 Å². The van der Waals surface area contributed by atoms with Crippen molar-refractivity contribution in [2.45, 2.75) is 44.8 Å². The summed E-state index contributed by atoms with van der Waals surface area (Å²) in [6, 6.07) is 11.7. The van der Waals surface area contributed by atoms with Gasteiger partial charge in [0.15, 0.2) is 5.78 Å². The Bertz CT molecular complexity index is 747. The Hall–Kier alpha value is -2.33. The number of benzene rings is 2. The summed E-state index contributed by atoms with van der Waals surface area (Å²) < 4.78 is 5.93. The van der Waals surface area contributed by atoms with Gasteiger partial charge >= 0.3 is 0 Å². The summed E-state index contributed by atoms with van der Waals surface area (Å²) in [4.78, 5) is 12.5. The topological polar surface area (TPSA) is 66.8 Å². The molecule has 0 fully saturated rings. The molecule has 4 nitrogen and oxygen atoms in total. The van der Waals surface area contributed by atoms with Crippen LogP contribution >= 0.6 is 0 Å². The molecule has 0 aromatic heterocycles. The molecule has 2 aromatic rings. The predicted molar refractivity (Wildman–Crippen MR) is 91.5 cm³/mol. The van der Waals surface area contributed by atoms with Crippen LogP contribution in [0.4, 0.5) is 0 Å². The average molecular weight is 326 g/mol. The van der Waals surface area contributed by atoms with Crippen molar-refractivity contribution in [3.05, 3.63) is 59.2 Å². The minimum absolute atomic E-state index is 0.00983. The van der Waals surface area contributed by atoms with E-state index in [1.807, 2.05) is 12.1 Å². The van der Waals surface area contributed by atoms with Gasteiger partial charge in [-0.25, -0.2) is 0 Å². The SMILES string of the molecule is CC1(C)CCc2cc(C(=O)CC(O)c3ccc(O)cc3)ccc2O1. The third-order valence-corrected chi connectivity index (χ3v) is 4.42. The van der Waals surface area contributed by atoms with E-state index >= 15 is 0 Å². The monoisotopic (exact) mass is 326 g/mol. The molecule has 0 aliphatic carbocycles. The molecule has 1 aliphatic rings. The van der Waals surface area contributed by atoms with Crippen LogP contribution in [0.3, 0.4) is 0 Å². The lowest BCUT2D eigenvalue weighted by atomic mass is 9.92. The van der Waals surface area contributed by atoms with E-state index in [9.17, 15) is 15.0 Å². The van der Waals surface area contributed by atoms with E-state index in [0.717, 1.165) is 24.2 Å². The fourth-order valence-electron chi connectivity index (χ4n) is 2.94. The number of aryl methyl sites for hydroxylation is 1. The van der Waals surface area contributed by atoms with Gasteiger partial charge in [-0.05, 0) is 68.1 Å². The first-order valence-corrected chi connectivity index (χ1v) is 8.16. The summed E-state index contributed by atoms with van der Waals surface area (Å²) in [5.74, 6) is 0.861. The van der Waals surface area contributed by atoms with Crippen LogP contribution in [0.25, 0.3) is 0 Å². The standard InChI is InChI=1S/C20H22O4/c1-20(2)10-9-15-11-14(5-8-19(15)24-20)18(23)12-17(22)13-3-6-16(21)7-4-13/h3-8,11,17,21-22H,9-10,12H2,1-2H3. The minimum Gasteiger partial charge on any atom is -0.508 e. The van der Waals surface area contributed by atoms with Gasteiger partial charge in [-0.1, -0.05) is 12.1 Å². The van der Waals surface area contributed by atoms with Gasteiger partial charge in [0.05, 0.1) is 6.10 Å². The van der Waals surface area contributed by atoms with Crippen molar-refractivity contribution in [2.24, 2.45) is 0 Å². The highest BCUT2D eigenvalue weighted by Gasteiger charge is 2.27. The van der Waals surface area contributed by atoms with Crippen LogP contribution in [0, 0.1) is 0 Å². The Kier molecular flexibility index (Phi) is 4.33. The van der Waals surface area contributed by atoms with Crippen molar-refractivity contribution in [1.29, 1.82) is 0 Å². The minimum atomic E-state index is -0.885. The highest BCUT2D eigenvalue weighted by atomic mass is 16.5. The fourth-order valence-corrected chi connectivity index (χ4v) is 2.94. The molecule has 2 N–H and O–H groups in total. The molecular weight excluding hydrogens is 304 g/mol. The fraction of sp³-hybridized carbons (Fsp3) is 0.350. The molecule has 3 rings (SSSR count). The number of aromatic hydroxyl groups is 1. The zero-order valence-corrected chi connectivity index (χ0v) is 14.0. The van der Waals surface area contributed by atoms with Crippen LogP contribution in [0.1, 0.15) is 54.3 Å². The van der Waals surface area contributed by atoms with Crippen molar-refractivity contribution < 1.29 is 19.7 Å². The normalized spacial score (nSPS) is 16.8. The second-order valence-corrected chi connectivity index (χ2v) is 6.92. The van der Waals surface area contributed by atoms with Gasteiger partial charge in [0, 0.05) is 12.0 Å². The lowest BCUT2D eigenvalue weighted by molar-refractivity contribution is 0.0842. The zero-order chi connectivity index (χ0) is 17.3. The maximum Gasteiger partial charge on any atom is 0.165 e. The number of carbonyl (C=O) groups excluding carboxylic acids is 1. The van der Waals surface area contributed by atoms with Gasteiger partial charge in [-0.2, -0.15) is 0 Å². The predicted octanol–water partition coefficient (Wildman–Crippen LogP) is 3.80. The molecule has 0 saturated heterocycles. The van der Waals surface area contributed by atoms with Gasteiger partial charge in [0.25, 0.3) is 0 Å². The molecule has 0 amide bonds. The maximum atomic E-state index is 12.5. The number of Topliss-reactive ketones (excluding diaryl/α,β-unsaturated/α-hetero) is 1. The van der Waals surface area contributed by atoms with Crippen LogP contribution in [0.5, 0.6) is 11.5 Å². The molecule has 1 atom stereocenters. The summed E-state index contributed by atoms with van der Waals surface area (Å²) in [6.45, 7) is 4.12. The van der Waals surface area contributed by atoms with E-state index in [1.165, 1.54) is 12.1 Å². The van der Waals surface area contributed by atoms with Crippen LogP contribution in [-0.4, -0.2) is 21.6 Å². The van der Waals surface area contributed by atoms with Crippen LogP contribution in [-0.2, 0) is 6.42 Å². The number of rotatable bonds is 4. The molecule has 1 heterocycles. The van der Waals surface area contributed by atoms with Gasteiger partial charge in [-0.15, -0.1) is 0 Å². The van der Waals surface area contributed by atoms with E-state index in [2.05, 4.69) is 13.8 Å². The van der Waals surface area contributed by atoms with Crippen LogP contribution in [0.15, 0.2) is 42.5 Å². The first-order valence-electron chi connectivity index (χ1n) is 8.16. The Morgan fingerprint density at radius 3 is 2.62 bits per heavy atom. The number of aliphatic hydroxyl groups is 1. The van der Waals surface area contributed by atoms with Crippen molar-refractivity contribution in [1.82, 2.24) is 0 Å². The molecule has 0 saturated carbocycles. The summed E-state index contributed by atoms with van der Waals surface area (Å²) in [6.07, 6.45) is 0.914. The molecule has 1 aliphatic heterocycles. The van der Waals surface area contributed by atoms with E-state index in [0.29, 0.717) is 11.1 Å². The van der Waals surface area contributed by atoms with Crippen molar-refractivity contribution in [2.75, 3.05) is 0 Å². The van der Waals surface area contributed by atoms with Crippen LogP contribution in [0.2, 0.25) is 0 Å². The van der Waals surface area contributed by atoms with Crippen LogP contribution < -0.4 is 4.74 Å². The number of hydrogen-bond acceptors (Lipinski definition) is 4.